The van der Waals surface area contributed by atoms with Crippen molar-refractivity contribution in [1.29, 1.82) is 5.26 Å². The van der Waals surface area contributed by atoms with E-state index >= 15 is 0 Å². The summed E-state index contributed by atoms with van der Waals surface area (Å²) in [5, 5.41) is 9.30. The van der Waals surface area contributed by atoms with Crippen molar-refractivity contribution >= 4 is 11.9 Å². The predicted molar refractivity (Wildman–Crippen MR) is 93.1 cm³/mol. The Hall–Kier alpha value is -3.06. The van der Waals surface area contributed by atoms with Crippen LogP contribution in [0.15, 0.2) is 54.1 Å². The van der Waals surface area contributed by atoms with E-state index < -0.39 is 0 Å². The second kappa shape index (κ2) is 7.98. The van der Waals surface area contributed by atoms with E-state index in [-0.39, 0.29) is 17.5 Å². The van der Waals surface area contributed by atoms with Gasteiger partial charge in [-0.3, -0.25) is 4.79 Å². The van der Waals surface area contributed by atoms with E-state index in [9.17, 15) is 10.1 Å². The second-order valence-corrected chi connectivity index (χ2v) is 5.46. The normalized spacial score (nSPS) is 11.0. The summed E-state index contributed by atoms with van der Waals surface area (Å²) >= 11 is 0. The quantitative estimate of drug-likeness (QED) is 0.453. The van der Waals surface area contributed by atoms with Gasteiger partial charge in [0.15, 0.2) is 0 Å². The molecule has 0 fully saturated rings. The van der Waals surface area contributed by atoms with Gasteiger partial charge in [0.05, 0.1) is 13.2 Å². The number of rotatable bonds is 6. The zero-order valence-corrected chi connectivity index (χ0v) is 13.9. The topological polar surface area (TPSA) is 59.3 Å². The zero-order valence-electron chi connectivity index (χ0n) is 13.9. The van der Waals surface area contributed by atoms with Crippen LogP contribution in [0.5, 0.6) is 11.5 Å². The van der Waals surface area contributed by atoms with Gasteiger partial charge in [0.2, 0.25) is 5.78 Å². The summed E-state index contributed by atoms with van der Waals surface area (Å²) in [5.41, 5.74) is 1.30. The molecule has 0 saturated carbocycles. The molecular weight excluding hydrogens is 302 g/mol. The number of carbonyl (C=O) groups excluding carboxylic acids is 1. The molecule has 0 atom stereocenters. The lowest BCUT2D eigenvalue weighted by Crippen LogP contribution is -2.05. The highest BCUT2D eigenvalue weighted by atomic mass is 16.5. The highest BCUT2D eigenvalue weighted by Crippen LogP contribution is 2.18. The molecule has 0 unspecified atom stereocenters. The number of nitriles is 1. The van der Waals surface area contributed by atoms with E-state index in [2.05, 4.69) is 0 Å². The number of hydrogen-bond donors (Lipinski definition) is 0. The first-order valence-electron chi connectivity index (χ1n) is 7.60. The van der Waals surface area contributed by atoms with Crippen LogP contribution in [0.25, 0.3) is 6.08 Å². The predicted octanol–water partition coefficient (Wildman–Crippen LogP) is 4.27. The summed E-state index contributed by atoms with van der Waals surface area (Å²) in [5.74, 6) is 1.10. The number of methoxy groups -OCH3 is 1. The van der Waals surface area contributed by atoms with E-state index in [0.29, 0.717) is 11.3 Å². The minimum absolute atomic E-state index is 0.0812. The van der Waals surface area contributed by atoms with Gasteiger partial charge in [0.25, 0.3) is 0 Å². The average Bonchev–Trinajstić information content (AvgIpc) is 2.60. The highest BCUT2D eigenvalue weighted by Gasteiger charge is 2.12. The van der Waals surface area contributed by atoms with Gasteiger partial charge in [-0.2, -0.15) is 5.26 Å². The molecule has 0 N–H and O–H groups in total. The summed E-state index contributed by atoms with van der Waals surface area (Å²) < 4.78 is 10.6. The Kier molecular flexibility index (Phi) is 5.75. The molecule has 4 heteroatoms. The van der Waals surface area contributed by atoms with Crippen molar-refractivity contribution in [3.63, 3.8) is 0 Å². The van der Waals surface area contributed by atoms with Crippen molar-refractivity contribution in [3.05, 3.63) is 65.2 Å². The first-order chi connectivity index (χ1) is 11.5. The monoisotopic (exact) mass is 321 g/mol. The molecule has 0 heterocycles. The van der Waals surface area contributed by atoms with Crippen molar-refractivity contribution in [1.82, 2.24) is 0 Å². The SMILES string of the molecule is COc1ccc(C(=O)/C(C#N)=C\c2ccc(OC(C)C)cc2)cc1. The third-order valence-corrected chi connectivity index (χ3v) is 3.28. The fourth-order valence-electron chi connectivity index (χ4n) is 2.13. The minimum atomic E-state index is -0.317. The fourth-order valence-corrected chi connectivity index (χ4v) is 2.13. The Labute approximate surface area is 141 Å². The number of ether oxygens (including phenoxy) is 2. The number of nitrogens with zero attached hydrogens (tertiary/aromatic N) is 1. The Balaban J connectivity index is 2.21. The molecule has 122 valence electrons. The molecule has 0 aliphatic carbocycles. The fraction of sp³-hybridized carbons (Fsp3) is 0.200. The molecule has 2 aromatic rings. The number of hydrogen-bond acceptors (Lipinski definition) is 4. The van der Waals surface area contributed by atoms with Crippen LogP contribution < -0.4 is 9.47 Å². The van der Waals surface area contributed by atoms with E-state index in [1.165, 1.54) is 0 Å². The molecule has 0 aromatic heterocycles. The summed E-state index contributed by atoms with van der Waals surface area (Å²) in [6.07, 6.45) is 1.67. The smallest absolute Gasteiger partial charge is 0.203 e. The van der Waals surface area contributed by atoms with Crippen LogP contribution in [-0.2, 0) is 0 Å². The Morgan fingerprint density at radius 1 is 1.04 bits per heavy atom. The molecule has 0 spiro atoms. The van der Waals surface area contributed by atoms with Gasteiger partial charge in [-0.15, -0.1) is 0 Å². The van der Waals surface area contributed by atoms with Gasteiger partial charge in [0.1, 0.15) is 23.1 Å². The Morgan fingerprint density at radius 2 is 1.62 bits per heavy atom. The molecule has 0 amide bonds. The third kappa shape index (κ3) is 4.47. The van der Waals surface area contributed by atoms with Gasteiger partial charge < -0.3 is 9.47 Å². The van der Waals surface area contributed by atoms with E-state index in [4.69, 9.17) is 9.47 Å². The maximum atomic E-state index is 12.4. The third-order valence-electron chi connectivity index (χ3n) is 3.28. The van der Waals surface area contributed by atoms with Crippen molar-refractivity contribution in [2.75, 3.05) is 7.11 Å². The van der Waals surface area contributed by atoms with Crippen LogP contribution in [-0.4, -0.2) is 19.0 Å². The molecule has 2 rings (SSSR count). The Bertz CT molecular complexity index is 766. The standard InChI is InChI=1S/C20H19NO3/c1-14(2)24-19-8-4-15(5-9-19)12-17(13-21)20(22)16-6-10-18(23-3)11-7-16/h4-12,14H,1-3H3/b17-12-. The van der Waals surface area contributed by atoms with Crippen molar-refractivity contribution in [3.8, 4) is 17.6 Å². The number of benzene rings is 2. The van der Waals surface area contributed by atoms with Crippen molar-refractivity contribution < 1.29 is 14.3 Å². The number of carbonyl (C=O) groups is 1. The molecule has 0 radical (unpaired) electrons. The van der Waals surface area contributed by atoms with E-state index in [1.807, 2.05) is 44.2 Å². The van der Waals surface area contributed by atoms with Crippen molar-refractivity contribution in [2.45, 2.75) is 20.0 Å². The molecule has 0 bridgehead atoms. The lowest BCUT2D eigenvalue weighted by molar-refractivity contribution is 0.104. The maximum absolute atomic E-state index is 12.4. The van der Waals surface area contributed by atoms with Gasteiger partial charge in [-0.1, -0.05) is 12.1 Å². The van der Waals surface area contributed by atoms with Crippen molar-refractivity contribution in [2.24, 2.45) is 0 Å². The summed E-state index contributed by atoms with van der Waals surface area (Å²) in [4.78, 5) is 12.4. The van der Waals surface area contributed by atoms with Gasteiger partial charge >= 0.3 is 0 Å². The Morgan fingerprint density at radius 3 is 2.12 bits per heavy atom. The molecular formula is C20H19NO3. The first-order valence-corrected chi connectivity index (χ1v) is 7.60. The van der Waals surface area contributed by atoms with E-state index in [1.54, 1.807) is 37.5 Å². The van der Waals surface area contributed by atoms with Crippen LogP contribution in [0.1, 0.15) is 29.8 Å². The molecule has 24 heavy (non-hydrogen) atoms. The minimum Gasteiger partial charge on any atom is -0.497 e. The zero-order chi connectivity index (χ0) is 17.5. The number of allylic oxidation sites excluding steroid dienone is 1. The van der Waals surface area contributed by atoms with Crippen LogP contribution in [0.4, 0.5) is 0 Å². The van der Waals surface area contributed by atoms with Crippen LogP contribution in [0.3, 0.4) is 0 Å². The summed E-state index contributed by atoms with van der Waals surface area (Å²) in [7, 11) is 1.56. The van der Waals surface area contributed by atoms with Crippen LogP contribution in [0.2, 0.25) is 0 Å². The highest BCUT2D eigenvalue weighted by molar-refractivity contribution is 6.14. The largest absolute Gasteiger partial charge is 0.497 e. The molecule has 2 aromatic carbocycles. The molecule has 0 aliphatic heterocycles. The summed E-state index contributed by atoms with van der Waals surface area (Å²) in [6.45, 7) is 3.91. The van der Waals surface area contributed by atoms with Gasteiger partial charge in [-0.05, 0) is 61.9 Å². The van der Waals surface area contributed by atoms with Crippen LogP contribution >= 0.6 is 0 Å². The average molecular weight is 321 g/mol. The molecule has 0 saturated heterocycles. The molecule has 4 nitrogen and oxygen atoms in total. The van der Waals surface area contributed by atoms with Gasteiger partial charge in [-0.25, -0.2) is 0 Å². The van der Waals surface area contributed by atoms with Gasteiger partial charge in [0, 0.05) is 5.56 Å². The summed E-state index contributed by atoms with van der Waals surface area (Å²) in [6, 6.07) is 15.9. The maximum Gasteiger partial charge on any atom is 0.203 e. The lowest BCUT2D eigenvalue weighted by atomic mass is 10.0. The second-order valence-electron chi connectivity index (χ2n) is 5.46. The number of Topliss-reactive ketones (excluding diaryl/α,β-unsaturated/α-hetero) is 1. The number of ketones is 1. The molecule has 0 aliphatic rings. The first kappa shape index (κ1) is 17.3. The van der Waals surface area contributed by atoms with Crippen LogP contribution in [0, 0.1) is 11.3 Å². The lowest BCUT2D eigenvalue weighted by Gasteiger charge is -2.09. The van der Waals surface area contributed by atoms with E-state index in [0.717, 1.165) is 11.3 Å².